The molecule has 16 heteroatoms. The van der Waals surface area contributed by atoms with E-state index >= 15 is 0 Å². The van der Waals surface area contributed by atoms with Crippen LogP contribution in [0.3, 0.4) is 0 Å². The lowest BCUT2D eigenvalue weighted by Gasteiger charge is -2.27. The lowest BCUT2D eigenvalue weighted by molar-refractivity contribution is -0.137. The smallest absolute Gasteiger partial charge is 0.425 e. The number of imide groups is 3. The molecule has 1 aromatic carbocycles. The van der Waals surface area contributed by atoms with Crippen LogP contribution >= 0.6 is 19.9 Å². The molecular formula is C21H22ClF3N3O8P. The third-order valence-corrected chi connectivity index (χ3v) is 7.28. The van der Waals surface area contributed by atoms with Crippen molar-refractivity contribution < 1.29 is 51.1 Å². The van der Waals surface area contributed by atoms with E-state index in [1.54, 1.807) is 0 Å². The quantitative estimate of drug-likeness (QED) is 0.277. The molecule has 0 bridgehead atoms. The number of hydrogen-bond acceptors (Lipinski definition) is 7. The Hall–Kier alpha value is -2.67. The number of urea groups is 1. The van der Waals surface area contributed by atoms with Crippen LogP contribution in [0.2, 0.25) is 5.02 Å². The highest BCUT2D eigenvalue weighted by Crippen LogP contribution is 2.46. The number of carbonyl (C=O) groups is 4. The Morgan fingerprint density at radius 1 is 1.19 bits per heavy atom. The number of halogens is 4. The van der Waals surface area contributed by atoms with Gasteiger partial charge in [-0.2, -0.15) is 18.1 Å². The van der Waals surface area contributed by atoms with Crippen LogP contribution in [-0.2, 0) is 42.7 Å². The summed E-state index contributed by atoms with van der Waals surface area (Å²) in [5, 5.41) is 2.06. The molecule has 2 aliphatic heterocycles. The van der Waals surface area contributed by atoms with E-state index < -0.39 is 67.7 Å². The van der Waals surface area contributed by atoms with Crippen LogP contribution < -0.4 is 5.32 Å². The second-order valence-corrected chi connectivity index (χ2v) is 10.1. The van der Waals surface area contributed by atoms with Crippen LogP contribution in [-0.4, -0.2) is 57.4 Å². The van der Waals surface area contributed by atoms with Crippen LogP contribution in [0.4, 0.5) is 22.8 Å². The summed E-state index contributed by atoms with van der Waals surface area (Å²) in [5.41, 5.74) is -1.69. The standard InChI is InChI=1S/C21H22ClF3N3O8P/c22-15-8-12-10-27(9-11(12)7-14(15)21(23,24)25)16(29)3-4-20(13-1-2-13)17(30)28(18(31)26-20)19(32)35-5-6-36-37(33)34/h7-8,13,37H,1-6,9-10H2,(H,26,31)(H,33,34). The number of rotatable bonds is 8. The Morgan fingerprint density at radius 2 is 1.84 bits per heavy atom. The van der Waals surface area contributed by atoms with Crippen LogP contribution in [0.15, 0.2) is 12.1 Å². The average molecular weight is 568 g/mol. The Kier molecular flexibility index (Phi) is 7.57. The lowest BCUT2D eigenvalue weighted by Crippen LogP contribution is -2.50. The third kappa shape index (κ3) is 5.62. The zero-order chi connectivity index (χ0) is 27.1. The van der Waals surface area contributed by atoms with Crippen molar-refractivity contribution in [2.75, 3.05) is 13.2 Å². The highest BCUT2D eigenvalue weighted by molar-refractivity contribution is 7.32. The zero-order valence-electron chi connectivity index (χ0n) is 19.1. The third-order valence-electron chi connectivity index (χ3n) is 6.51. The van der Waals surface area contributed by atoms with E-state index in [0.29, 0.717) is 24.0 Å². The Balaban J connectivity index is 1.40. The molecule has 1 saturated carbocycles. The summed E-state index contributed by atoms with van der Waals surface area (Å²) >= 11 is 5.78. The summed E-state index contributed by atoms with van der Waals surface area (Å²) in [6.45, 7) is -0.910. The molecule has 2 fully saturated rings. The summed E-state index contributed by atoms with van der Waals surface area (Å²) in [6.07, 6.45) is -5.10. The fourth-order valence-electron chi connectivity index (χ4n) is 4.58. The minimum Gasteiger partial charge on any atom is -0.446 e. The van der Waals surface area contributed by atoms with Gasteiger partial charge in [0.2, 0.25) is 5.91 Å². The number of hydrogen-bond donors (Lipinski definition) is 2. The van der Waals surface area contributed by atoms with Crippen molar-refractivity contribution in [3.8, 4) is 0 Å². The Bertz CT molecular complexity index is 1180. The number of nitrogens with zero attached hydrogens (tertiary/aromatic N) is 2. The van der Waals surface area contributed by atoms with Gasteiger partial charge in [0.25, 0.3) is 5.91 Å². The molecule has 37 heavy (non-hydrogen) atoms. The summed E-state index contributed by atoms with van der Waals surface area (Å²) in [7, 11) is -3.24. The van der Waals surface area contributed by atoms with Crippen LogP contribution in [0.25, 0.3) is 0 Å². The van der Waals surface area contributed by atoms with Gasteiger partial charge in [-0.25, -0.2) is 9.59 Å². The number of ether oxygens (including phenoxy) is 1. The van der Waals surface area contributed by atoms with Gasteiger partial charge in [-0.05, 0) is 48.4 Å². The molecular weight excluding hydrogens is 546 g/mol. The number of amides is 5. The fraction of sp³-hybridized carbons (Fsp3) is 0.524. The Labute approximate surface area is 213 Å². The molecule has 11 nitrogen and oxygen atoms in total. The predicted molar refractivity (Wildman–Crippen MR) is 119 cm³/mol. The molecule has 202 valence electrons. The van der Waals surface area contributed by atoms with E-state index in [-0.39, 0.29) is 36.7 Å². The fourth-order valence-corrected chi connectivity index (χ4v) is 5.13. The van der Waals surface area contributed by atoms with Gasteiger partial charge < -0.3 is 24.4 Å². The molecule has 2 atom stereocenters. The largest absolute Gasteiger partial charge is 0.446 e. The van der Waals surface area contributed by atoms with E-state index in [1.165, 1.54) is 11.0 Å². The van der Waals surface area contributed by atoms with E-state index in [1.807, 2.05) is 0 Å². The van der Waals surface area contributed by atoms with Crippen molar-refractivity contribution in [2.24, 2.45) is 5.92 Å². The topological polar surface area (TPSA) is 143 Å². The lowest BCUT2D eigenvalue weighted by atomic mass is 9.87. The van der Waals surface area contributed by atoms with Crippen molar-refractivity contribution in [1.29, 1.82) is 0 Å². The number of carbonyl (C=O) groups excluding carboxylic acids is 4. The van der Waals surface area contributed by atoms with Crippen molar-refractivity contribution >= 4 is 43.8 Å². The van der Waals surface area contributed by atoms with Gasteiger partial charge in [0.15, 0.2) is 0 Å². The second kappa shape index (κ2) is 10.2. The molecule has 1 saturated heterocycles. The van der Waals surface area contributed by atoms with Crippen molar-refractivity contribution in [1.82, 2.24) is 15.1 Å². The molecule has 4 rings (SSSR count). The highest BCUT2D eigenvalue weighted by atomic mass is 35.5. The molecule has 3 aliphatic rings. The maximum atomic E-state index is 13.2. The average Bonchev–Trinajstić information content (AvgIpc) is 3.52. The normalized spacial score (nSPS) is 22.2. The SMILES string of the molecule is O=C(CCC1(C2CC2)NC(=O)N(C(=O)OCCO[PH](=O)O)C1=O)N1Cc2cc(Cl)c(C(F)(F)F)cc2C1. The summed E-state index contributed by atoms with van der Waals surface area (Å²) in [4.78, 5) is 61.1. The first-order valence-corrected chi connectivity index (χ1v) is 12.8. The van der Waals surface area contributed by atoms with Gasteiger partial charge in [0.1, 0.15) is 12.1 Å². The van der Waals surface area contributed by atoms with E-state index in [9.17, 15) is 36.9 Å². The van der Waals surface area contributed by atoms with Gasteiger partial charge in [0, 0.05) is 19.5 Å². The molecule has 1 aromatic rings. The molecule has 0 aromatic heterocycles. The molecule has 0 radical (unpaired) electrons. The van der Waals surface area contributed by atoms with Gasteiger partial charge in [-0.3, -0.25) is 14.2 Å². The number of fused-ring (bicyclic) bond motifs is 1. The highest BCUT2D eigenvalue weighted by Gasteiger charge is 2.61. The van der Waals surface area contributed by atoms with Crippen molar-refractivity contribution in [3.63, 3.8) is 0 Å². The maximum Gasteiger partial charge on any atom is 0.425 e. The number of nitrogens with one attached hydrogen (secondary N) is 1. The van der Waals surface area contributed by atoms with Crippen LogP contribution in [0, 0.1) is 5.92 Å². The molecule has 5 amide bonds. The van der Waals surface area contributed by atoms with Gasteiger partial charge >= 0.3 is 26.6 Å². The molecule has 2 N–H and O–H groups in total. The molecule has 0 spiro atoms. The Morgan fingerprint density at radius 3 is 2.43 bits per heavy atom. The summed E-state index contributed by atoms with van der Waals surface area (Å²) < 4.78 is 59.2. The van der Waals surface area contributed by atoms with Crippen molar-refractivity contribution in [3.05, 3.63) is 33.8 Å². The van der Waals surface area contributed by atoms with Gasteiger partial charge in [-0.1, -0.05) is 11.6 Å². The minimum absolute atomic E-state index is 0.0451. The second-order valence-electron chi connectivity index (χ2n) is 8.89. The van der Waals surface area contributed by atoms with Crippen LogP contribution in [0.5, 0.6) is 0 Å². The van der Waals surface area contributed by atoms with Gasteiger partial charge in [0.05, 0.1) is 17.2 Å². The summed E-state index contributed by atoms with van der Waals surface area (Å²) in [5.74, 6) is -1.62. The minimum atomic E-state index is -4.64. The first-order valence-electron chi connectivity index (χ1n) is 11.2. The molecule has 2 heterocycles. The monoisotopic (exact) mass is 567 g/mol. The number of benzene rings is 1. The zero-order valence-corrected chi connectivity index (χ0v) is 20.9. The van der Waals surface area contributed by atoms with Crippen LogP contribution in [0.1, 0.15) is 42.4 Å². The van der Waals surface area contributed by atoms with E-state index in [4.69, 9.17) is 21.2 Å². The van der Waals surface area contributed by atoms with Crippen molar-refractivity contribution in [2.45, 2.75) is 50.5 Å². The number of alkyl halides is 3. The maximum absolute atomic E-state index is 13.2. The summed E-state index contributed by atoms with van der Waals surface area (Å²) in [6, 6.07) is 1.09. The first-order chi connectivity index (χ1) is 17.3. The van der Waals surface area contributed by atoms with E-state index in [2.05, 4.69) is 9.84 Å². The predicted octanol–water partition coefficient (Wildman–Crippen LogP) is 3.22. The molecule has 1 aliphatic carbocycles. The van der Waals surface area contributed by atoms with Gasteiger partial charge in [-0.15, -0.1) is 0 Å². The molecule has 2 unspecified atom stereocenters. The van der Waals surface area contributed by atoms with E-state index in [0.717, 1.165) is 6.07 Å². The first kappa shape index (κ1) is 27.4.